The number of halogens is 4. The van der Waals surface area contributed by atoms with Crippen molar-refractivity contribution in [2.45, 2.75) is 32.6 Å². The highest BCUT2D eigenvalue weighted by atomic mass is 79.9. The number of carbonyl (C=O) groups excluding carboxylic acids is 1. The van der Waals surface area contributed by atoms with Crippen molar-refractivity contribution in [3.8, 4) is 0 Å². The molecule has 1 amide bonds. The molecule has 138 valence electrons. The van der Waals surface area contributed by atoms with Crippen LogP contribution in [0.25, 0.3) is 10.2 Å². The Kier molecular flexibility index (Phi) is 5.16. The normalized spacial score (nSPS) is 12.1. The van der Waals surface area contributed by atoms with Gasteiger partial charge in [-0.2, -0.15) is 13.2 Å². The van der Waals surface area contributed by atoms with E-state index < -0.39 is 11.7 Å². The fourth-order valence-electron chi connectivity index (χ4n) is 2.70. The van der Waals surface area contributed by atoms with Crippen LogP contribution in [0.1, 0.15) is 35.5 Å². The van der Waals surface area contributed by atoms with Crippen LogP contribution in [0.3, 0.4) is 0 Å². The molecule has 3 nitrogen and oxygen atoms in total. The Morgan fingerprint density at radius 2 is 1.92 bits per heavy atom. The van der Waals surface area contributed by atoms with E-state index in [0.29, 0.717) is 17.8 Å². The molecule has 3 rings (SSSR count). The van der Waals surface area contributed by atoms with E-state index in [0.717, 1.165) is 26.8 Å². The van der Waals surface area contributed by atoms with Gasteiger partial charge in [0, 0.05) is 18.0 Å². The zero-order valence-corrected chi connectivity index (χ0v) is 16.4. The van der Waals surface area contributed by atoms with Crippen molar-refractivity contribution in [2.24, 2.45) is 0 Å². The fourth-order valence-corrected chi connectivity index (χ4v) is 4.39. The van der Waals surface area contributed by atoms with E-state index in [4.69, 9.17) is 0 Å². The lowest BCUT2D eigenvalue weighted by Gasteiger charge is -2.14. The molecule has 0 saturated heterocycles. The molecule has 0 bridgehead atoms. The molecule has 0 fully saturated rings. The van der Waals surface area contributed by atoms with Gasteiger partial charge in [-0.05, 0) is 53.5 Å². The summed E-state index contributed by atoms with van der Waals surface area (Å²) in [5, 5.41) is 4.79. The Bertz CT molecular complexity index is 942. The molecule has 1 N–H and O–H groups in total. The minimum Gasteiger partial charge on any atom is -0.349 e. The maximum atomic E-state index is 12.7. The van der Waals surface area contributed by atoms with Crippen molar-refractivity contribution in [1.82, 2.24) is 9.88 Å². The van der Waals surface area contributed by atoms with Crippen LogP contribution in [-0.4, -0.2) is 16.5 Å². The lowest BCUT2D eigenvalue weighted by molar-refractivity contribution is -0.137. The number of nitrogens with zero attached hydrogens (tertiary/aromatic N) is 1. The van der Waals surface area contributed by atoms with Crippen molar-refractivity contribution < 1.29 is 18.0 Å². The van der Waals surface area contributed by atoms with Crippen molar-refractivity contribution in [2.75, 3.05) is 0 Å². The molecule has 0 spiro atoms. The van der Waals surface area contributed by atoms with Crippen LogP contribution in [0.15, 0.2) is 40.2 Å². The van der Waals surface area contributed by atoms with E-state index in [2.05, 4.69) is 21.2 Å². The summed E-state index contributed by atoms with van der Waals surface area (Å²) < 4.78 is 41.9. The van der Waals surface area contributed by atoms with Crippen LogP contribution in [0.4, 0.5) is 13.2 Å². The summed E-state index contributed by atoms with van der Waals surface area (Å²) >= 11 is 5.00. The number of thiophene rings is 1. The van der Waals surface area contributed by atoms with Crippen LogP contribution < -0.4 is 5.32 Å². The van der Waals surface area contributed by atoms with E-state index >= 15 is 0 Å². The maximum Gasteiger partial charge on any atom is 0.416 e. The Hall–Kier alpha value is -1.80. The molecular weight excluding hydrogens is 429 g/mol. The Labute approximate surface area is 160 Å². The fraction of sp³-hybridized carbons (Fsp3) is 0.278. The summed E-state index contributed by atoms with van der Waals surface area (Å²) in [6.45, 7) is 4.05. The van der Waals surface area contributed by atoms with Crippen LogP contribution in [0.2, 0.25) is 0 Å². The number of hydrogen-bond donors (Lipinski definition) is 1. The molecule has 0 unspecified atom stereocenters. The third-order valence-corrected chi connectivity index (χ3v) is 5.68. The number of benzene rings is 1. The zero-order chi connectivity index (χ0) is 19.1. The Morgan fingerprint density at radius 3 is 2.50 bits per heavy atom. The first-order chi connectivity index (χ1) is 12.2. The molecule has 0 radical (unpaired) electrons. The average Bonchev–Trinajstić information content (AvgIpc) is 3.07. The van der Waals surface area contributed by atoms with E-state index in [1.165, 1.54) is 23.5 Å². The molecule has 0 atom stereocenters. The number of alkyl halides is 3. The predicted octanol–water partition coefficient (Wildman–Crippen LogP) is 5.67. The number of carbonyl (C=O) groups is 1. The van der Waals surface area contributed by atoms with Crippen molar-refractivity contribution >= 4 is 43.4 Å². The van der Waals surface area contributed by atoms with Gasteiger partial charge >= 0.3 is 6.18 Å². The summed E-state index contributed by atoms with van der Waals surface area (Å²) in [6.07, 6.45) is -4.36. The summed E-state index contributed by atoms with van der Waals surface area (Å²) in [4.78, 5) is 12.5. The standard InChI is InChI=1S/C18H16BrF3N2OS/c1-10(2)23-17(25)14-7-15-16(13(19)9-26-15)24(14)8-11-3-5-12(6-4-11)18(20,21)22/h3-7,9-10H,8H2,1-2H3,(H,23,25). The Morgan fingerprint density at radius 1 is 1.27 bits per heavy atom. The van der Waals surface area contributed by atoms with E-state index in [1.807, 2.05) is 29.9 Å². The third-order valence-electron chi connectivity index (χ3n) is 3.85. The maximum absolute atomic E-state index is 12.7. The second-order valence-corrected chi connectivity index (χ2v) is 8.00. The van der Waals surface area contributed by atoms with Gasteiger partial charge in [-0.15, -0.1) is 11.3 Å². The lowest BCUT2D eigenvalue weighted by atomic mass is 10.1. The highest BCUT2D eigenvalue weighted by molar-refractivity contribution is 9.10. The van der Waals surface area contributed by atoms with Crippen LogP contribution in [0, 0.1) is 0 Å². The largest absolute Gasteiger partial charge is 0.416 e. The number of fused-ring (bicyclic) bond motifs is 1. The molecule has 2 heterocycles. The summed E-state index contributed by atoms with van der Waals surface area (Å²) in [6, 6.07) is 6.81. The second kappa shape index (κ2) is 7.08. The number of hydrogen-bond acceptors (Lipinski definition) is 2. The summed E-state index contributed by atoms with van der Waals surface area (Å²) in [5.74, 6) is -0.206. The number of amides is 1. The quantitative estimate of drug-likeness (QED) is 0.552. The summed E-state index contributed by atoms with van der Waals surface area (Å²) in [5.41, 5.74) is 1.35. The minimum atomic E-state index is -4.36. The first kappa shape index (κ1) is 19.0. The highest BCUT2D eigenvalue weighted by Crippen LogP contribution is 2.34. The van der Waals surface area contributed by atoms with Crippen molar-refractivity contribution in [3.63, 3.8) is 0 Å². The van der Waals surface area contributed by atoms with Gasteiger partial charge in [0.2, 0.25) is 0 Å². The molecule has 0 saturated carbocycles. The van der Waals surface area contributed by atoms with Crippen molar-refractivity contribution in [3.05, 3.63) is 57.0 Å². The molecule has 0 aliphatic carbocycles. The molecule has 8 heteroatoms. The Balaban J connectivity index is 2.00. The molecule has 3 aromatic rings. The van der Waals surface area contributed by atoms with E-state index in [1.54, 1.807) is 0 Å². The van der Waals surface area contributed by atoms with Crippen LogP contribution >= 0.6 is 27.3 Å². The number of aromatic nitrogens is 1. The van der Waals surface area contributed by atoms with E-state index in [9.17, 15) is 18.0 Å². The minimum absolute atomic E-state index is 0.0154. The van der Waals surface area contributed by atoms with Crippen molar-refractivity contribution in [1.29, 1.82) is 0 Å². The van der Waals surface area contributed by atoms with E-state index in [-0.39, 0.29) is 11.9 Å². The number of nitrogens with one attached hydrogen (secondary N) is 1. The predicted molar refractivity (Wildman–Crippen MR) is 101 cm³/mol. The molecule has 1 aromatic carbocycles. The van der Waals surface area contributed by atoms with Crippen LogP contribution in [0.5, 0.6) is 0 Å². The molecule has 2 aromatic heterocycles. The SMILES string of the molecule is CC(C)NC(=O)c1cc2scc(Br)c2n1Cc1ccc(C(F)(F)F)cc1. The van der Waals surface area contributed by atoms with Gasteiger partial charge < -0.3 is 9.88 Å². The van der Waals surface area contributed by atoms with Gasteiger partial charge in [0.1, 0.15) is 5.69 Å². The van der Waals surface area contributed by atoms with Crippen LogP contribution in [-0.2, 0) is 12.7 Å². The average molecular weight is 445 g/mol. The third kappa shape index (κ3) is 3.81. The molecule has 0 aliphatic rings. The lowest BCUT2D eigenvalue weighted by Crippen LogP contribution is -2.31. The topological polar surface area (TPSA) is 34.0 Å². The summed E-state index contributed by atoms with van der Waals surface area (Å²) in [7, 11) is 0. The highest BCUT2D eigenvalue weighted by Gasteiger charge is 2.30. The second-order valence-electron chi connectivity index (χ2n) is 6.24. The monoisotopic (exact) mass is 444 g/mol. The molecular formula is C18H16BrF3N2OS. The zero-order valence-electron chi connectivity index (χ0n) is 14.0. The van der Waals surface area contributed by atoms with Gasteiger partial charge in [-0.1, -0.05) is 12.1 Å². The van der Waals surface area contributed by atoms with Gasteiger partial charge in [0.05, 0.1) is 20.3 Å². The van der Waals surface area contributed by atoms with Gasteiger partial charge in [-0.25, -0.2) is 0 Å². The first-order valence-corrected chi connectivity index (χ1v) is 9.57. The first-order valence-electron chi connectivity index (χ1n) is 7.90. The molecule has 26 heavy (non-hydrogen) atoms. The van der Waals surface area contributed by atoms with Gasteiger partial charge in [-0.3, -0.25) is 4.79 Å². The van der Waals surface area contributed by atoms with Gasteiger partial charge in [0.15, 0.2) is 0 Å². The van der Waals surface area contributed by atoms with Gasteiger partial charge in [0.25, 0.3) is 5.91 Å². The molecule has 0 aliphatic heterocycles. The number of rotatable bonds is 4. The smallest absolute Gasteiger partial charge is 0.349 e.